The Hall–Kier alpha value is -3.01. The number of carbonyl (C=O) groups excluding carboxylic acids is 1. The average molecular weight is 318 g/mol. The largest absolute Gasteiger partial charge is 0.462 e. The minimum absolute atomic E-state index is 0.00672. The number of carbonyl (C=O) groups is 1. The van der Waals surface area contributed by atoms with Gasteiger partial charge in [0.05, 0.1) is 5.56 Å². The van der Waals surface area contributed by atoms with Crippen LogP contribution in [0.1, 0.15) is 33.6 Å². The van der Waals surface area contributed by atoms with Crippen LogP contribution in [0.5, 0.6) is 0 Å². The molecule has 0 aliphatic carbocycles. The second-order valence-corrected chi connectivity index (χ2v) is 5.96. The highest BCUT2D eigenvalue weighted by molar-refractivity contribution is 6.01. The van der Waals surface area contributed by atoms with Crippen molar-refractivity contribution in [3.05, 3.63) is 89.4 Å². The third kappa shape index (κ3) is 2.56. The molecule has 2 heterocycles. The van der Waals surface area contributed by atoms with E-state index in [2.05, 4.69) is 5.32 Å². The lowest BCUT2D eigenvalue weighted by Gasteiger charge is -2.36. The molecule has 2 aromatic carbocycles. The van der Waals surface area contributed by atoms with Crippen LogP contribution in [0, 0.1) is 6.92 Å². The summed E-state index contributed by atoms with van der Waals surface area (Å²) >= 11 is 0. The topological polar surface area (TPSA) is 45.5 Å². The Bertz CT molecular complexity index is 870. The number of para-hydroxylation sites is 1. The van der Waals surface area contributed by atoms with Crippen LogP contribution in [-0.4, -0.2) is 10.8 Å². The van der Waals surface area contributed by atoms with Crippen molar-refractivity contribution in [3.8, 4) is 0 Å². The van der Waals surface area contributed by atoms with Crippen LogP contribution in [-0.2, 0) is 6.54 Å². The number of aryl methyl sites for hydroxylation is 1. The molecule has 120 valence electrons. The van der Waals surface area contributed by atoms with Gasteiger partial charge in [-0.2, -0.15) is 0 Å². The zero-order valence-corrected chi connectivity index (χ0v) is 13.4. The molecular weight excluding hydrogens is 300 g/mol. The Labute approximate surface area is 140 Å². The number of furan rings is 1. The minimum Gasteiger partial charge on any atom is -0.462 e. The van der Waals surface area contributed by atoms with Crippen molar-refractivity contribution < 1.29 is 9.21 Å². The van der Waals surface area contributed by atoms with Gasteiger partial charge in [-0.1, -0.05) is 42.5 Å². The summed E-state index contributed by atoms with van der Waals surface area (Å²) in [5, 5.41) is 3.44. The number of benzene rings is 2. The van der Waals surface area contributed by atoms with Gasteiger partial charge in [-0.15, -0.1) is 0 Å². The lowest BCUT2D eigenvalue weighted by molar-refractivity contribution is 0.0644. The summed E-state index contributed by atoms with van der Waals surface area (Å²) in [4.78, 5) is 14.9. The highest BCUT2D eigenvalue weighted by Gasteiger charge is 2.34. The van der Waals surface area contributed by atoms with E-state index in [1.807, 2.05) is 78.6 Å². The molecule has 1 aromatic heterocycles. The van der Waals surface area contributed by atoms with E-state index < -0.39 is 0 Å². The smallest absolute Gasteiger partial charge is 0.258 e. The van der Waals surface area contributed by atoms with Crippen molar-refractivity contribution in [2.24, 2.45) is 0 Å². The monoisotopic (exact) mass is 318 g/mol. The molecule has 1 N–H and O–H groups in total. The average Bonchev–Trinajstić information content (AvgIpc) is 3.04. The lowest BCUT2D eigenvalue weighted by Crippen LogP contribution is -2.42. The molecule has 4 rings (SSSR count). The first kappa shape index (κ1) is 14.6. The fourth-order valence-corrected chi connectivity index (χ4v) is 3.06. The van der Waals surface area contributed by atoms with E-state index in [1.54, 1.807) is 0 Å². The first-order chi connectivity index (χ1) is 11.7. The summed E-state index contributed by atoms with van der Waals surface area (Å²) in [5.74, 6) is 1.58. The SMILES string of the molecule is Cc1ccc([C@@H]2Nc3ccccc3C(=O)N2Cc2ccccc2)o1. The molecule has 0 fully saturated rings. The first-order valence-corrected chi connectivity index (χ1v) is 7.99. The Morgan fingerprint density at radius 3 is 2.50 bits per heavy atom. The molecule has 0 bridgehead atoms. The van der Waals surface area contributed by atoms with Gasteiger partial charge in [-0.25, -0.2) is 0 Å². The van der Waals surface area contributed by atoms with Gasteiger partial charge in [0.25, 0.3) is 5.91 Å². The highest BCUT2D eigenvalue weighted by Crippen LogP contribution is 2.34. The maximum Gasteiger partial charge on any atom is 0.258 e. The summed E-state index contributed by atoms with van der Waals surface area (Å²) in [5.41, 5.74) is 2.61. The molecule has 0 radical (unpaired) electrons. The lowest BCUT2D eigenvalue weighted by atomic mass is 10.1. The summed E-state index contributed by atoms with van der Waals surface area (Å²) in [6, 6.07) is 21.4. The van der Waals surface area contributed by atoms with Crippen molar-refractivity contribution in [3.63, 3.8) is 0 Å². The molecule has 0 unspecified atom stereocenters. The maximum absolute atomic E-state index is 13.1. The number of nitrogens with one attached hydrogen (secondary N) is 1. The number of amides is 1. The Morgan fingerprint density at radius 1 is 1.00 bits per heavy atom. The molecule has 0 saturated heterocycles. The highest BCUT2D eigenvalue weighted by atomic mass is 16.3. The van der Waals surface area contributed by atoms with Gasteiger partial charge >= 0.3 is 0 Å². The van der Waals surface area contributed by atoms with Gasteiger partial charge in [0, 0.05) is 12.2 Å². The van der Waals surface area contributed by atoms with Crippen LogP contribution in [0.25, 0.3) is 0 Å². The molecule has 0 saturated carbocycles. The molecule has 1 atom stereocenters. The normalized spacial score (nSPS) is 16.6. The number of hydrogen-bond acceptors (Lipinski definition) is 3. The third-order valence-electron chi connectivity index (χ3n) is 4.25. The molecule has 0 spiro atoms. The Morgan fingerprint density at radius 2 is 1.75 bits per heavy atom. The summed E-state index contributed by atoms with van der Waals surface area (Å²) in [6.07, 6.45) is -0.318. The first-order valence-electron chi connectivity index (χ1n) is 7.99. The molecule has 24 heavy (non-hydrogen) atoms. The number of fused-ring (bicyclic) bond motifs is 1. The van der Waals surface area contributed by atoms with Crippen LogP contribution in [0.2, 0.25) is 0 Å². The van der Waals surface area contributed by atoms with Gasteiger partial charge in [0.1, 0.15) is 11.5 Å². The fraction of sp³-hybridized carbons (Fsp3) is 0.150. The molecule has 1 aliphatic rings. The summed E-state index contributed by atoms with van der Waals surface area (Å²) in [7, 11) is 0. The Kier molecular flexibility index (Phi) is 3.58. The van der Waals surface area contributed by atoms with Crippen LogP contribution in [0.15, 0.2) is 71.1 Å². The van der Waals surface area contributed by atoms with Crippen molar-refractivity contribution in [2.45, 2.75) is 19.6 Å². The number of nitrogens with zero attached hydrogens (tertiary/aromatic N) is 1. The van der Waals surface area contributed by atoms with Gasteiger partial charge in [0.15, 0.2) is 6.17 Å². The van der Waals surface area contributed by atoms with E-state index in [9.17, 15) is 4.79 Å². The second kappa shape index (κ2) is 5.89. The minimum atomic E-state index is -0.318. The predicted molar refractivity (Wildman–Crippen MR) is 92.6 cm³/mol. The van der Waals surface area contributed by atoms with Gasteiger partial charge in [-0.3, -0.25) is 4.79 Å². The van der Waals surface area contributed by atoms with E-state index in [0.717, 1.165) is 22.8 Å². The number of anilines is 1. The van der Waals surface area contributed by atoms with Crippen LogP contribution >= 0.6 is 0 Å². The molecular formula is C20H18N2O2. The fourth-order valence-electron chi connectivity index (χ4n) is 3.06. The molecule has 4 nitrogen and oxygen atoms in total. The van der Waals surface area contributed by atoms with E-state index in [1.165, 1.54) is 0 Å². The number of hydrogen-bond donors (Lipinski definition) is 1. The quantitative estimate of drug-likeness (QED) is 0.780. The molecule has 4 heteroatoms. The summed E-state index contributed by atoms with van der Waals surface area (Å²) < 4.78 is 5.80. The van der Waals surface area contributed by atoms with Crippen LogP contribution in [0.3, 0.4) is 0 Å². The van der Waals surface area contributed by atoms with E-state index >= 15 is 0 Å². The predicted octanol–water partition coefficient (Wildman–Crippen LogP) is 4.35. The Balaban J connectivity index is 1.75. The van der Waals surface area contributed by atoms with E-state index in [-0.39, 0.29) is 12.1 Å². The standard InChI is InChI=1S/C20H18N2O2/c1-14-11-12-18(24-14)19-21-17-10-6-5-9-16(17)20(23)22(19)13-15-7-3-2-4-8-15/h2-12,19,21H,13H2,1H3/t19-/m1/s1. The van der Waals surface area contributed by atoms with Crippen LogP contribution in [0.4, 0.5) is 5.69 Å². The van der Waals surface area contributed by atoms with Crippen molar-refractivity contribution in [1.82, 2.24) is 4.90 Å². The van der Waals surface area contributed by atoms with Crippen molar-refractivity contribution in [2.75, 3.05) is 5.32 Å². The second-order valence-electron chi connectivity index (χ2n) is 5.96. The summed E-state index contributed by atoms with van der Waals surface area (Å²) in [6.45, 7) is 2.43. The zero-order chi connectivity index (χ0) is 16.5. The number of rotatable bonds is 3. The molecule has 3 aromatic rings. The van der Waals surface area contributed by atoms with Gasteiger partial charge in [0.2, 0.25) is 0 Å². The van der Waals surface area contributed by atoms with Crippen molar-refractivity contribution in [1.29, 1.82) is 0 Å². The third-order valence-corrected chi connectivity index (χ3v) is 4.25. The maximum atomic E-state index is 13.1. The zero-order valence-electron chi connectivity index (χ0n) is 13.4. The van der Waals surface area contributed by atoms with Crippen molar-refractivity contribution >= 4 is 11.6 Å². The van der Waals surface area contributed by atoms with Gasteiger partial charge in [-0.05, 0) is 36.8 Å². The van der Waals surface area contributed by atoms with E-state index in [0.29, 0.717) is 12.1 Å². The van der Waals surface area contributed by atoms with Gasteiger partial charge < -0.3 is 14.6 Å². The van der Waals surface area contributed by atoms with E-state index in [4.69, 9.17) is 4.42 Å². The molecule has 1 amide bonds. The van der Waals surface area contributed by atoms with Crippen LogP contribution < -0.4 is 5.32 Å². The molecule has 1 aliphatic heterocycles.